The highest BCUT2D eigenvalue weighted by Gasteiger charge is 2.16. The zero-order chi connectivity index (χ0) is 10.7. The van der Waals surface area contributed by atoms with E-state index in [2.05, 4.69) is 10.2 Å². The third kappa shape index (κ3) is 2.18. The summed E-state index contributed by atoms with van der Waals surface area (Å²) in [6.07, 6.45) is 0.728. The average molecular weight is 223 g/mol. The van der Waals surface area contributed by atoms with Gasteiger partial charge in [0.15, 0.2) is 0 Å². The Balaban J connectivity index is 2.24. The number of aryl methyl sites for hydroxylation is 1. The second kappa shape index (κ2) is 4.45. The number of hydrogen-bond donors (Lipinski definition) is 0. The number of hydrogen-bond acceptors (Lipinski definition) is 3. The summed E-state index contributed by atoms with van der Waals surface area (Å²) in [6, 6.07) is 9.68. The molecule has 15 heavy (non-hydrogen) atoms. The number of alkyl halides is 1. The molecule has 4 heteroatoms. The van der Waals surface area contributed by atoms with E-state index in [1.807, 2.05) is 37.3 Å². The van der Waals surface area contributed by atoms with E-state index in [-0.39, 0.29) is 5.38 Å². The first-order chi connectivity index (χ1) is 7.31. The molecule has 0 saturated carbocycles. The largest absolute Gasteiger partial charge is 0.423 e. The van der Waals surface area contributed by atoms with Crippen molar-refractivity contribution in [3.05, 3.63) is 47.7 Å². The fourth-order valence-electron chi connectivity index (χ4n) is 1.28. The first-order valence-electron chi connectivity index (χ1n) is 4.82. The maximum Gasteiger partial charge on any atom is 0.238 e. The lowest BCUT2D eigenvalue weighted by Crippen LogP contribution is -1.92. The highest BCUT2D eigenvalue weighted by Crippen LogP contribution is 2.27. The minimum Gasteiger partial charge on any atom is -0.423 e. The summed E-state index contributed by atoms with van der Waals surface area (Å²) in [5.41, 5.74) is 0.963. The average Bonchev–Trinajstić information content (AvgIpc) is 2.78. The fraction of sp³-hybridized carbons (Fsp3) is 0.273. The van der Waals surface area contributed by atoms with Crippen molar-refractivity contribution in [1.82, 2.24) is 10.2 Å². The lowest BCUT2D eigenvalue weighted by atomic mass is 10.1. The Morgan fingerprint density at radius 2 is 2.00 bits per heavy atom. The Labute approximate surface area is 93.1 Å². The molecule has 78 valence electrons. The number of aromatic nitrogens is 2. The van der Waals surface area contributed by atoms with E-state index in [0.717, 1.165) is 12.0 Å². The summed E-state index contributed by atoms with van der Waals surface area (Å²) in [6.45, 7) is 1.96. The van der Waals surface area contributed by atoms with Gasteiger partial charge in [-0.05, 0) is 5.56 Å². The van der Waals surface area contributed by atoms with Crippen LogP contribution >= 0.6 is 11.6 Å². The van der Waals surface area contributed by atoms with Crippen molar-refractivity contribution in [1.29, 1.82) is 0 Å². The Kier molecular flexibility index (Phi) is 3.02. The molecule has 1 heterocycles. The van der Waals surface area contributed by atoms with Gasteiger partial charge in [0.1, 0.15) is 5.38 Å². The molecule has 0 amide bonds. The van der Waals surface area contributed by atoms with E-state index in [9.17, 15) is 0 Å². The molecule has 0 saturated heterocycles. The molecule has 2 aromatic rings. The van der Waals surface area contributed by atoms with Gasteiger partial charge in [0, 0.05) is 6.42 Å². The molecule has 0 bridgehead atoms. The van der Waals surface area contributed by atoms with Crippen molar-refractivity contribution in [2.75, 3.05) is 0 Å². The molecule has 0 aliphatic carbocycles. The lowest BCUT2D eigenvalue weighted by Gasteiger charge is -2.03. The lowest BCUT2D eigenvalue weighted by molar-refractivity contribution is 0.459. The molecule has 3 nitrogen and oxygen atoms in total. The van der Waals surface area contributed by atoms with Gasteiger partial charge in [-0.2, -0.15) is 0 Å². The van der Waals surface area contributed by atoms with Crippen LogP contribution in [0.5, 0.6) is 0 Å². The summed E-state index contributed by atoms with van der Waals surface area (Å²) in [4.78, 5) is 0. The van der Waals surface area contributed by atoms with Gasteiger partial charge in [-0.15, -0.1) is 21.8 Å². The van der Waals surface area contributed by atoms with Crippen molar-refractivity contribution in [3.63, 3.8) is 0 Å². The van der Waals surface area contributed by atoms with Crippen molar-refractivity contribution in [3.8, 4) is 0 Å². The van der Waals surface area contributed by atoms with Gasteiger partial charge in [0.2, 0.25) is 11.8 Å². The van der Waals surface area contributed by atoms with Crippen molar-refractivity contribution in [2.24, 2.45) is 0 Å². The molecular formula is C11H11ClN2O. The van der Waals surface area contributed by atoms with Gasteiger partial charge in [-0.3, -0.25) is 0 Å². The number of halogens is 1. The monoisotopic (exact) mass is 222 g/mol. The maximum absolute atomic E-state index is 6.21. The summed E-state index contributed by atoms with van der Waals surface area (Å²) in [7, 11) is 0. The summed E-state index contributed by atoms with van der Waals surface area (Å²) >= 11 is 6.21. The van der Waals surface area contributed by atoms with E-state index in [1.54, 1.807) is 0 Å². The van der Waals surface area contributed by atoms with Crippen LogP contribution in [-0.4, -0.2) is 10.2 Å². The Hall–Kier alpha value is -1.35. The molecule has 0 N–H and O–H groups in total. The van der Waals surface area contributed by atoms with Gasteiger partial charge < -0.3 is 4.42 Å². The molecule has 1 atom stereocenters. The molecule has 0 spiro atoms. The Morgan fingerprint density at radius 1 is 1.27 bits per heavy atom. The predicted molar refractivity (Wildman–Crippen MR) is 57.8 cm³/mol. The molecule has 1 unspecified atom stereocenters. The zero-order valence-electron chi connectivity index (χ0n) is 8.35. The minimum absolute atomic E-state index is 0.362. The van der Waals surface area contributed by atoms with Gasteiger partial charge in [0.05, 0.1) is 0 Å². The van der Waals surface area contributed by atoms with Gasteiger partial charge in [-0.25, -0.2) is 0 Å². The van der Waals surface area contributed by atoms with Crippen molar-refractivity contribution >= 4 is 11.6 Å². The van der Waals surface area contributed by atoms with Crippen molar-refractivity contribution < 1.29 is 4.42 Å². The van der Waals surface area contributed by atoms with Gasteiger partial charge in [0.25, 0.3) is 0 Å². The number of nitrogens with zero attached hydrogens (tertiary/aromatic N) is 2. The van der Waals surface area contributed by atoms with Crippen LogP contribution in [-0.2, 0) is 6.42 Å². The quantitative estimate of drug-likeness (QED) is 0.750. The third-order valence-electron chi connectivity index (χ3n) is 2.09. The van der Waals surface area contributed by atoms with Crippen LogP contribution in [0.1, 0.15) is 29.6 Å². The Bertz CT molecular complexity index is 427. The third-order valence-corrected chi connectivity index (χ3v) is 2.53. The molecule has 2 rings (SSSR count). The normalized spacial score (nSPS) is 12.7. The highest BCUT2D eigenvalue weighted by atomic mass is 35.5. The van der Waals surface area contributed by atoms with Crippen LogP contribution in [0.25, 0.3) is 0 Å². The van der Waals surface area contributed by atoms with E-state index >= 15 is 0 Å². The smallest absolute Gasteiger partial charge is 0.238 e. The van der Waals surface area contributed by atoms with E-state index in [1.165, 1.54) is 0 Å². The topological polar surface area (TPSA) is 38.9 Å². The van der Waals surface area contributed by atoms with Crippen LogP contribution in [0, 0.1) is 0 Å². The van der Waals surface area contributed by atoms with Gasteiger partial charge in [-0.1, -0.05) is 37.3 Å². The number of benzene rings is 1. The van der Waals surface area contributed by atoms with E-state index < -0.39 is 0 Å². The highest BCUT2D eigenvalue weighted by molar-refractivity contribution is 6.22. The van der Waals surface area contributed by atoms with E-state index in [4.69, 9.17) is 16.0 Å². The molecule has 0 aliphatic rings. The summed E-state index contributed by atoms with van der Waals surface area (Å²) in [5.74, 6) is 1.08. The second-order valence-corrected chi connectivity index (χ2v) is 3.60. The van der Waals surface area contributed by atoms with Crippen LogP contribution in [0.4, 0.5) is 0 Å². The molecule has 0 fully saturated rings. The minimum atomic E-state index is -0.362. The van der Waals surface area contributed by atoms with Gasteiger partial charge >= 0.3 is 0 Å². The van der Waals surface area contributed by atoms with Crippen LogP contribution in [0.15, 0.2) is 34.7 Å². The van der Waals surface area contributed by atoms with Crippen LogP contribution in [0.3, 0.4) is 0 Å². The summed E-state index contributed by atoms with van der Waals surface area (Å²) in [5, 5.41) is 7.43. The van der Waals surface area contributed by atoms with Crippen LogP contribution in [0.2, 0.25) is 0 Å². The van der Waals surface area contributed by atoms with Crippen LogP contribution < -0.4 is 0 Å². The molecule has 1 aromatic heterocycles. The van der Waals surface area contributed by atoms with E-state index in [0.29, 0.717) is 11.8 Å². The van der Waals surface area contributed by atoms with Crippen molar-refractivity contribution in [2.45, 2.75) is 18.7 Å². The predicted octanol–water partition coefficient (Wildman–Crippen LogP) is 2.96. The zero-order valence-corrected chi connectivity index (χ0v) is 9.11. The molecular weight excluding hydrogens is 212 g/mol. The fourth-order valence-corrected chi connectivity index (χ4v) is 1.51. The first-order valence-corrected chi connectivity index (χ1v) is 5.26. The SMILES string of the molecule is CCc1nnc(C(Cl)c2ccccc2)o1. The molecule has 1 aromatic carbocycles. The Morgan fingerprint density at radius 3 is 2.60 bits per heavy atom. The second-order valence-electron chi connectivity index (χ2n) is 3.16. The summed E-state index contributed by atoms with van der Waals surface area (Å²) < 4.78 is 5.39. The maximum atomic E-state index is 6.21. The molecule has 0 aliphatic heterocycles. The standard InChI is InChI=1S/C11H11ClN2O/c1-2-9-13-14-11(15-9)10(12)8-6-4-3-5-7-8/h3-7,10H,2H2,1H3. The molecule has 0 radical (unpaired) electrons. The first kappa shape index (κ1) is 10.2. The number of rotatable bonds is 3.